The summed E-state index contributed by atoms with van der Waals surface area (Å²) >= 11 is 0. The molecular formula is C18H30N4O5. The van der Waals surface area contributed by atoms with Crippen molar-refractivity contribution >= 4 is 11.8 Å². The number of amides is 2. The summed E-state index contributed by atoms with van der Waals surface area (Å²) in [5.41, 5.74) is 0.411. The van der Waals surface area contributed by atoms with Crippen LogP contribution in [0.2, 0.25) is 0 Å². The van der Waals surface area contributed by atoms with E-state index in [2.05, 4.69) is 10.4 Å². The maximum Gasteiger partial charge on any atom is 0.260 e. The van der Waals surface area contributed by atoms with Gasteiger partial charge in [-0.05, 0) is 26.7 Å². The Hall–Kier alpha value is -2.13. The van der Waals surface area contributed by atoms with Crippen LogP contribution in [0.3, 0.4) is 0 Å². The molecule has 2 amide bonds. The van der Waals surface area contributed by atoms with Gasteiger partial charge in [0.25, 0.3) is 5.91 Å². The van der Waals surface area contributed by atoms with Crippen molar-refractivity contribution < 1.29 is 23.8 Å². The number of ether oxygens (including phenoxy) is 3. The Balaban J connectivity index is 1.94. The van der Waals surface area contributed by atoms with Crippen molar-refractivity contribution in [3.63, 3.8) is 0 Å². The number of likely N-dealkylation sites (tertiary alicyclic amines) is 1. The zero-order valence-corrected chi connectivity index (χ0v) is 16.6. The highest BCUT2D eigenvalue weighted by atomic mass is 16.7. The molecule has 2 rings (SSSR count). The molecule has 27 heavy (non-hydrogen) atoms. The maximum atomic E-state index is 12.8. The molecule has 9 nitrogen and oxygen atoms in total. The molecule has 0 saturated carbocycles. The van der Waals surface area contributed by atoms with Gasteiger partial charge in [-0.2, -0.15) is 0 Å². The number of aromatic nitrogens is 2. The fraction of sp³-hybridized carbons (Fsp3) is 0.722. The molecule has 0 radical (unpaired) electrons. The van der Waals surface area contributed by atoms with Gasteiger partial charge in [-0.1, -0.05) is 0 Å². The lowest BCUT2D eigenvalue weighted by molar-refractivity contribution is -0.142. The van der Waals surface area contributed by atoms with Gasteiger partial charge in [0.2, 0.25) is 11.8 Å². The van der Waals surface area contributed by atoms with E-state index in [1.54, 1.807) is 22.8 Å². The van der Waals surface area contributed by atoms with E-state index < -0.39 is 6.29 Å². The monoisotopic (exact) mass is 382 g/mol. The van der Waals surface area contributed by atoms with Crippen molar-refractivity contribution in [2.24, 2.45) is 13.0 Å². The molecular weight excluding hydrogens is 352 g/mol. The van der Waals surface area contributed by atoms with Crippen molar-refractivity contribution in [1.29, 1.82) is 0 Å². The number of aryl methyl sites for hydroxylation is 1. The minimum Gasteiger partial charge on any atom is -0.479 e. The summed E-state index contributed by atoms with van der Waals surface area (Å²) in [5.74, 6) is -0.214. The van der Waals surface area contributed by atoms with E-state index in [1.807, 2.05) is 13.8 Å². The minimum atomic E-state index is -0.454. The number of piperidine rings is 1. The Morgan fingerprint density at radius 3 is 2.67 bits per heavy atom. The van der Waals surface area contributed by atoms with Crippen molar-refractivity contribution in [2.45, 2.75) is 33.0 Å². The molecule has 1 atom stereocenters. The first kappa shape index (κ1) is 21.2. The molecule has 1 saturated heterocycles. The van der Waals surface area contributed by atoms with Crippen LogP contribution in [0.25, 0.3) is 0 Å². The van der Waals surface area contributed by atoms with Gasteiger partial charge in [-0.15, -0.1) is 5.10 Å². The summed E-state index contributed by atoms with van der Waals surface area (Å²) in [6.45, 7) is 6.06. The van der Waals surface area contributed by atoms with E-state index in [1.165, 1.54) is 7.11 Å². The molecule has 152 valence electrons. The molecule has 1 N–H and O–H groups in total. The first-order valence-corrected chi connectivity index (χ1v) is 9.37. The van der Waals surface area contributed by atoms with Gasteiger partial charge in [0.1, 0.15) is 5.56 Å². The van der Waals surface area contributed by atoms with E-state index in [0.717, 1.165) is 12.8 Å². The van der Waals surface area contributed by atoms with Crippen LogP contribution in [0.5, 0.6) is 5.88 Å². The summed E-state index contributed by atoms with van der Waals surface area (Å²) in [4.78, 5) is 27.1. The fourth-order valence-corrected chi connectivity index (χ4v) is 3.18. The van der Waals surface area contributed by atoms with Gasteiger partial charge in [0.05, 0.1) is 19.6 Å². The van der Waals surface area contributed by atoms with Gasteiger partial charge in [0.15, 0.2) is 6.29 Å². The molecule has 2 heterocycles. The fourth-order valence-electron chi connectivity index (χ4n) is 3.18. The summed E-state index contributed by atoms with van der Waals surface area (Å²) in [7, 11) is 3.22. The highest BCUT2D eigenvalue weighted by Gasteiger charge is 2.31. The van der Waals surface area contributed by atoms with E-state index in [9.17, 15) is 9.59 Å². The van der Waals surface area contributed by atoms with Crippen LogP contribution in [0, 0.1) is 5.92 Å². The number of carbonyl (C=O) groups excluding carboxylic acids is 2. The molecule has 0 bridgehead atoms. The molecule has 0 aromatic carbocycles. The lowest BCUT2D eigenvalue weighted by Gasteiger charge is -2.32. The molecule has 1 fully saturated rings. The number of nitrogens with zero attached hydrogens (tertiary/aromatic N) is 3. The van der Waals surface area contributed by atoms with E-state index in [-0.39, 0.29) is 17.7 Å². The highest BCUT2D eigenvalue weighted by Crippen LogP contribution is 2.22. The molecule has 1 aromatic heterocycles. The maximum absolute atomic E-state index is 12.8. The molecule has 0 spiro atoms. The van der Waals surface area contributed by atoms with Crippen LogP contribution in [-0.4, -0.2) is 72.7 Å². The molecule has 1 aliphatic rings. The zero-order chi connectivity index (χ0) is 19.8. The van der Waals surface area contributed by atoms with Crippen LogP contribution in [-0.2, 0) is 21.3 Å². The molecule has 0 aliphatic carbocycles. The second kappa shape index (κ2) is 10.3. The summed E-state index contributed by atoms with van der Waals surface area (Å²) < 4.78 is 17.6. The third-order valence-electron chi connectivity index (χ3n) is 4.45. The predicted molar refractivity (Wildman–Crippen MR) is 98.4 cm³/mol. The first-order valence-electron chi connectivity index (χ1n) is 9.37. The first-order chi connectivity index (χ1) is 13.0. The highest BCUT2D eigenvalue weighted by molar-refractivity contribution is 5.96. The lowest BCUT2D eigenvalue weighted by atomic mass is 9.96. The van der Waals surface area contributed by atoms with Crippen molar-refractivity contribution in [3.05, 3.63) is 11.8 Å². The molecule has 9 heteroatoms. The van der Waals surface area contributed by atoms with Crippen LogP contribution in [0.15, 0.2) is 6.20 Å². The van der Waals surface area contributed by atoms with Crippen LogP contribution < -0.4 is 10.1 Å². The van der Waals surface area contributed by atoms with Crippen LogP contribution >= 0.6 is 0 Å². The predicted octanol–water partition coefficient (Wildman–Crippen LogP) is 0.796. The number of hydrogen-bond acceptors (Lipinski definition) is 6. The van der Waals surface area contributed by atoms with Crippen molar-refractivity contribution in [1.82, 2.24) is 20.0 Å². The van der Waals surface area contributed by atoms with Gasteiger partial charge in [-0.3, -0.25) is 14.3 Å². The quantitative estimate of drug-likeness (QED) is 0.635. The van der Waals surface area contributed by atoms with Crippen molar-refractivity contribution in [2.75, 3.05) is 40.0 Å². The Morgan fingerprint density at radius 2 is 2.04 bits per heavy atom. The van der Waals surface area contributed by atoms with E-state index >= 15 is 0 Å². The average Bonchev–Trinajstić information content (AvgIpc) is 3.06. The number of hydrogen-bond donors (Lipinski definition) is 1. The van der Waals surface area contributed by atoms with E-state index in [4.69, 9.17) is 14.2 Å². The third kappa shape index (κ3) is 5.67. The topological polar surface area (TPSA) is 94.9 Å². The largest absolute Gasteiger partial charge is 0.479 e. The molecule has 1 aromatic rings. The summed E-state index contributed by atoms with van der Waals surface area (Å²) in [6.07, 6.45) is 2.70. The third-order valence-corrected chi connectivity index (χ3v) is 4.45. The number of carbonyl (C=O) groups is 2. The Labute approximate surface area is 159 Å². The number of methoxy groups -OCH3 is 1. The average molecular weight is 382 g/mol. The Kier molecular flexibility index (Phi) is 8.05. The summed E-state index contributed by atoms with van der Waals surface area (Å²) in [5, 5.41) is 7.00. The van der Waals surface area contributed by atoms with Gasteiger partial charge < -0.3 is 24.4 Å². The zero-order valence-electron chi connectivity index (χ0n) is 16.6. The minimum absolute atomic E-state index is 0.0879. The van der Waals surface area contributed by atoms with Gasteiger partial charge in [0, 0.05) is 39.5 Å². The lowest BCUT2D eigenvalue weighted by Crippen LogP contribution is -2.47. The molecule has 0 unspecified atom stereocenters. The Bertz CT molecular complexity index is 627. The van der Waals surface area contributed by atoms with Gasteiger partial charge >= 0.3 is 0 Å². The Morgan fingerprint density at radius 1 is 1.33 bits per heavy atom. The smallest absolute Gasteiger partial charge is 0.260 e. The second-order valence-corrected chi connectivity index (χ2v) is 6.40. The number of rotatable bonds is 9. The second-order valence-electron chi connectivity index (χ2n) is 6.40. The standard InChI is InChI=1S/C18H30N4O5/c1-5-26-15(27-6-2)10-19-16(23)13-8-7-9-22(11-13)18(24)14-12-21(3)20-17(14)25-4/h12-13,15H,5-11H2,1-4H3,(H,19,23)/t13-/m1/s1. The van der Waals surface area contributed by atoms with Crippen LogP contribution in [0.1, 0.15) is 37.0 Å². The number of nitrogens with one attached hydrogen (secondary N) is 1. The van der Waals surface area contributed by atoms with E-state index in [0.29, 0.717) is 44.3 Å². The summed E-state index contributed by atoms with van der Waals surface area (Å²) in [6, 6.07) is 0. The molecule has 1 aliphatic heterocycles. The van der Waals surface area contributed by atoms with Gasteiger partial charge in [-0.25, -0.2) is 0 Å². The van der Waals surface area contributed by atoms with Crippen molar-refractivity contribution in [3.8, 4) is 5.88 Å². The normalized spacial score (nSPS) is 17.2. The van der Waals surface area contributed by atoms with Crippen LogP contribution in [0.4, 0.5) is 0 Å². The SMILES string of the molecule is CCOC(CNC(=O)[C@@H]1CCCN(C(=O)c2cn(C)nc2OC)C1)OCC.